The van der Waals surface area contributed by atoms with E-state index in [1.54, 1.807) is 0 Å². The highest BCUT2D eigenvalue weighted by Gasteiger charge is 2.14. The van der Waals surface area contributed by atoms with E-state index in [0.29, 0.717) is 12.3 Å². The standard InChI is InChI=1S/C13H16BrIO/c1-3-9(4-2)7-13(16)11-8-10(15)5-6-12(11)14/h5-6,8-9H,3-4,7H2,1-2H3. The molecule has 0 radical (unpaired) electrons. The molecule has 16 heavy (non-hydrogen) atoms. The number of halogens is 2. The van der Waals surface area contributed by atoms with Crippen LogP contribution in [0.15, 0.2) is 22.7 Å². The molecule has 0 saturated heterocycles. The Kier molecular flexibility index (Phi) is 5.97. The summed E-state index contributed by atoms with van der Waals surface area (Å²) in [5.41, 5.74) is 0.818. The van der Waals surface area contributed by atoms with Crippen LogP contribution in [0, 0.1) is 9.49 Å². The molecule has 88 valence electrons. The molecule has 0 amide bonds. The molecule has 1 nitrogen and oxygen atoms in total. The molecule has 0 aromatic heterocycles. The predicted molar refractivity (Wildman–Crippen MR) is 79.9 cm³/mol. The van der Waals surface area contributed by atoms with Crippen LogP contribution in [-0.4, -0.2) is 5.78 Å². The van der Waals surface area contributed by atoms with Gasteiger partial charge in [-0.3, -0.25) is 4.79 Å². The number of hydrogen-bond acceptors (Lipinski definition) is 1. The molecule has 0 bridgehead atoms. The van der Waals surface area contributed by atoms with Gasteiger partial charge in [-0.15, -0.1) is 0 Å². The van der Waals surface area contributed by atoms with Crippen LogP contribution in [0.2, 0.25) is 0 Å². The van der Waals surface area contributed by atoms with Gasteiger partial charge in [-0.1, -0.05) is 42.6 Å². The molecule has 0 aliphatic heterocycles. The summed E-state index contributed by atoms with van der Waals surface area (Å²) in [7, 11) is 0. The topological polar surface area (TPSA) is 17.1 Å². The summed E-state index contributed by atoms with van der Waals surface area (Å²) in [4.78, 5) is 12.1. The van der Waals surface area contributed by atoms with Gasteiger partial charge in [-0.05, 0) is 46.7 Å². The number of Topliss-reactive ketones (excluding diaryl/α,β-unsaturated/α-hetero) is 1. The van der Waals surface area contributed by atoms with Crippen LogP contribution < -0.4 is 0 Å². The van der Waals surface area contributed by atoms with Gasteiger partial charge in [-0.25, -0.2) is 0 Å². The number of hydrogen-bond donors (Lipinski definition) is 0. The normalized spacial score (nSPS) is 10.8. The zero-order valence-corrected chi connectivity index (χ0v) is 13.3. The van der Waals surface area contributed by atoms with Gasteiger partial charge in [0.15, 0.2) is 5.78 Å². The molecule has 0 saturated carbocycles. The van der Waals surface area contributed by atoms with Crippen molar-refractivity contribution in [2.75, 3.05) is 0 Å². The minimum absolute atomic E-state index is 0.249. The summed E-state index contributed by atoms with van der Waals surface area (Å²) in [5.74, 6) is 0.761. The van der Waals surface area contributed by atoms with E-state index >= 15 is 0 Å². The number of carbonyl (C=O) groups excluding carboxylic acids is 1. The molecule has 0 aliphatic carbocycles. The Balaban J connectivity index is 2.83. The van der Waals surface area contributed by atoms with Crippen molar-refractivity contribution in [1.29, 1.82) is 0 Å². The van der Waals surface area contributed by atoms with Gasteiger partial charge in [0, 0.05) is 20.0 Å². The van der Waals surface area contributed by atoms with Crippen molar-refractivity contribution < 1.29 is 4.79 Å². The molecule has 1 rings (SSSR count). The Labute approximate surface area is 119 Å². The van der Waals surface area contributed by atoms with E-state index in [1.807, 2.05) is 18.2 Å². The van der Waals surface area contributed by atoms with Gasteiger partial charge >= 0.3 is 0 Å². The van der Waals surface area contributed by atoms with Crippen molar-refractivity contribution in [3.05, 3.63) is 31.8 Å². The van der Waals surface area contributed by atoms with Gasteiger partial charge in [0.1, 0.15) is 0 Å². The van der Waals surface area contributed by atoms with Crippen LogP contribution in [-0.2, 0) is 0 Å². The first-order valence-electron chi connectivity index (χ1n) is 5.56. The third-order valence-electron chi connectivity index (χ3n) is 2.86. The van der Waals surface area contributed by atoms with Crippen molar-refractivity contribution >= 4 is 44.3 Å². The number of carbonyl (C=O) groups is 1. The van der Waals surface area contributed by atoms with Crippen molar-refractivity contribution in [1.82, 2.24) is 0 Å². The fourth-order valence-electron chi connectivity index (χ4n) is 1.66. The first-order valence-corrected chi connectivity index (χ1v) is 7.43. The second kappa shape index (κ2) is 6.74. The highest BCUT2D eigenvalue weighted by atomic mass is 127. The van der Waals surface area contributed by atoms with E-state index in [1.165, 1.54) is 0 Å². The van der Waals surface area contributed by atoms with E-state index in [9.17, 15) is 4.79 Å². The van der Waals surface area contributed by atoms with Crippen LogP contribution >= 0.6 is 38.5 Å². The predicted octanol–water partition coefficient (Wildman–Crippen LogP) is 5.06. The summed E-state index contributed by atoms with van der Waals surface area (Å²) in [5, 5.41) is 0. The molecule has 0 aliphatic rings. The maximum absolute atomic E-state index is 12.1. The van der Waals surface area contributed by atoms with Gasteiger partial charge in [0.2, 0.25) is 0 Å². The lowest BCUT2D eigenvalue weighted by Gasteiger charge is -2.11. The molecular formula is C13H16BrIO. The quantitative estimate of drug-likeness (QED) is 0.503. The highest BCUT2D eigenvalue weighted by Crippen LogP contribution is 2.23. The second-order valence-corrected chi connectivity index (χ2v) is 6.03. The highest BCUT2D eigenvalue weighted by molar-refractivity contribution is 14.1. The molecule has 1 aromatic rings. The summed E-state index contributed by atoms with van der Waals surface area (Å²) >= 11 is 5.68. The Morgan fingerprint density at radius 1 is 1.38 bits per heavy atom. The molecule has 0 atom stereocenters. The van der Waals surface area contributed by atoms with E-state index in [0.717, 1.165) is 26.4 Å². The minimum atomic E-state index is 0.249. The number of rotatable bonds is 5. The van der Waals surface area contributed by atoms with Gasteiger partial charge in [0.25, 0.3) is 0 Å². The zero-order chi connectivity index (χ0) is 12.1. The minimum Gasteiger partial charge on any atom is -0.294 e. The average Bonchev–Trinajstić information content (AvgIpc) is 2.28. The summed E-state index contributed by atoms with van der Waals surface area (Å²) in [6.45, 7) is 4.29. The number of ketones is 1. The lowest BCUT2D eigenvalue weighted by molar-refractivity contribution is 0.0958. The Morgan fingerprint density at radius 3 is 2.56 bits per heavy atom. The fraction of sp³-hybridized carbons (Fsp3) is 0.462. The van der Waals surface area contributed by atoms with Crippen molar-refractivity contribution in [3.63, 3.8) is 0 Å². The SMILES string of the molecule is CCC(CC)CC(=O)c1cc(I)ccc1Br. The largest absolute Gasteiger partial charge is 0.294 e. The molecule has 0 unspecified atom stereocenters. The Hall–Kier alpha value is 0.1000. The molecule has 0 N–H and O–H groups in total. The average molecular weight is 395 g/mol. The van der Waals surface area contributed by atoms with Gasteiger partial charge in [0.05, 0.1) is 0 Å². The van der Waals surface area contributed by atoms with E-state index in [-0.39, 0.29) is 5.78 Å². The van der Waals surface area contributed by atoms with Crippen molar-refractivity contribution in [2.45, 2.75) is 33.1 Å². The summed E-state index contributed by atoms with van der Waals surface area (Å²) < 4.78 is 2.01. The first kappa shape index (κ1) is 14.2. The van der Waals surface area contributed by atoms with Crippen LogP contribution in [0.5, 0.6) is 0 Å². The smallest absolute Gasteiger partial charge is 0.164 e. The van der Waals surface area contributed by atoms with Crippen LogP contribution in [0.4, 0.5) is 0 Å². The maximum Gasteiger partial charge on any atom is 0.164 e. The first-order chi connectivity index (χ1) is 7.58. The summed E-state index contributed by atoms with van der Waals surface area (Å²) in [6, 6.07) is 5.90. The third kappa shape index (κ3) is 3.84. The number of benzene rings is 1. The van der Waals surface area contributed by atoms with Gasteiger partial charge < -0.3 is 0 Å². The maximum atomic E-state index is 12.1. The molecule has 3 heteroatoms. The lowest BCUT2D eigenvalue weighted by atomic mass is 9.94. The summed E-state index contributed by atoms with van der Waals surface area (Å²) in [6.07, 6.45) is 2.80. The van der Waals surface area contributed by atoms with Crippen LogP contribution in [0.1, 0.15) is 43.5 Å². The third-order valence-corrected chi connectivity index (χ3v) is 4.22. The molecule has 0 heterocycles. The van der Waals surface area contributed by atoms with Crippen molar-refractivity contribution in [2.24, 2.45) is 5.92 Å². The van der Waals surface area contributed by atoms with Crippen molar-refractivity contribution in [3.8, 4) is 0 Å². The Bertz CT molecular complexity index is 372. The molecule has 1 aromatic carbocycles. The zero-order valence-electron chi connectivity index (χ0n) is 9.59. The fourth-order valence-corrected chi connectivity index (χ4v) is 2.62. The van der Waals surface area contributed by atoms with Crippen LogP contribution in [0.25, 0.3) is 0 Å². The van der Waals surface area contributed by atoms with E-state index in [4.69, 9.17) is 0 Å². The molecular weight excluding hydrogens is 379 g/mol. The van der Waals surface area contributed by atoms with E-state index < -0.39 is 0 Å². The monoisotopic (exact) mass is 394 g/mol. The molecule has 0 fully saturated rings. The second-order valence-electron chi connectivity index (χ2n) is 3.93. The molecule has 0 spiro atoms. The van der Waals surface area contributed by atoms with E-state index in [2.05, 4.69) is 52.4 Å². The van der Waals surface area contributed by atoms with Gasteiger partial charge in [-0.2, -0.15) is 0 Å². The Morgan fingerprint density at radius 2 is 2.00 bits per heavy atom. The van der Waals surface area contributed by atoms with Crippen LogP contribution in [0.3, 0.4) is 0 Å². The lowest BCUT2D eigenvalue weighted by Crippen LogP contribution is -2.08.